The number of benzene rings is 1. The molecule has 0 heterocycles. The van der Waals surface area contributed by atoms with Crippen molar-refractivity contribution in [2.75, 3.05) is 5.33 Å². The van der Waals surface area contributed by atoms with E-state index in [2.05, 4.69) is 36.6 Å². The molecule has 0 unspecified atom stereocenters. The molecule has 0 aliphatic rings. The van der Waals surface area contributed by atoms with Gasteiger partial charge in [-0.05, 0) is 31.0 Å². The molecule has 0 spiro atoms. The molecule has 0 aromatic heterocycles. The number of nitrogens with one attached hydrogen (secondary N) is 1. The fourth-order valence-electron chi connectivity index (χ4n) is 1.64. The highest BCUT2D eigenvalue weighted by atomic mass is 79.9. The third kappa shape index (κ3) is 4.00. The minimum absolute atomic E-state index is 0.331. The van der Waals surface area contributed by atoms with Crippen LogP contribution in [-0.2, 0) is 10.0 Å². The van der Waals surface area contributed by atoms with Gasteiger partial charge in [0.05, 0.1) is 0 Å². The standard InChI is InChI=1S/C12H16Br2FNO2S/c1-3-12(4-2,8-13)16-19(17,18)11-6-5-9(14)7-10(11)15/h5-7,16H,3-4,8H2,1-2H3. The molecule has 0 atom stereocenters. The Labute approximate surface area is 130 Å². The Morgan fingerprint density at radius 3 is 2.32 bits per heavy atom. The Morgan fingerprint density at radius 2 is 1.89 bits per heavy atom. The van der Waals surface area contributed by atoms with E-state index in [-0.39, 0.29) is 4.90 Å². The largest absolute Gasteiger partial charge is 0.244 e. The van der Waals surface area contributed by atoms with E-state index < -0.39 is 21.4 Å². The van der Waals surface area contributed by atoms with E-state index >= 15 is 0 Å². The summed E-state index contributed by atoms with van der Waals surface area (Å²) in [6.45, 7) is 3.79. The molecular weight excluding hydrogens is 401 g/mol. The zero-order valence-electron chi connectivity index (χ0n) is 10.7. The van der Waals surface area contributed by atoms with Gasteiger partial charge < -0.3 is 0 Å². The van der Waals surface area contributed by atoms with Crippen molar-refractivity contribution in [2.45, 2.75) is 37.1 Å². The topological polar surface area (TPSA) is 46.2 Å². The van der Waals surface area contributed by atoms with Crippen LogP contribution in [0, 0.1) is 5.82 Å². The smallest absolute Gasteiger partial charge is 0.207 e. The van der Waals surface area contributed by atoms with Gasteiger partial charge in [-0.3, -0.25) is 0 Å². The van der Waals surface area contributed by atoms with Crippen LogP contribution < -0.4 is 4.72 Å². The number of halogens is 3. The molecule has 1 aromatic rings. The molecule has 0 bridgehead atoms. The first kappa shape index (κ1) is 17.1. The van der Waals surface area contributed by atoms with Gasteiger partial charge in [-0.15, -0.1) is 0 Å². The van der Waals surface area contributed by atoms with Gasteiger partial charge >= 0.3 is 0 Å². The third-order valence-corrected chi connectivity index (χ3v) is 6.32. The normalized spacial score (nSPS) is 12.7. The minimum atomic E-state index is -3.88. The van der Waals surface area contributed by atoms with Crippen LogP contribution in [-0.4, -0.2) is 19.3 Å². The highest BCUT2D eigenvalue weighted by Gasteiger charge is 2.32. The Balaban J connectivity index is 3.17. The van der Waals surface area contributed by atoms with Crippen LogP contribution in [0.3, 0.4) is 0 Å². The Kier molecular flexibility index (Phi) is 5.97. The maximum Gasteiger partial charge on any atom is 0.244 e. The summed E-state index contributed by atoms with van der Waals surface area (Å²) in [5.41, 5.74) is -0.599. The summed E-state index contributed by atoms with van der Waals surface area (Å²) in [5, 5.41) is 0.477. The maximum absolute atomic E-state index is 13.8. The predicted octanol–water partition coefficient (Wildman–Crippen LogP) is 3.82. The zero-order chi connectivity index (χ0) is 14.7. The van der Waals surface area contributed by atoms with Crippen LogP contribution in [0.25, 0.3) is 0 Å². The van der Waals surface area contributed by atoms with E-state index in [1.54, 1.807) is 0 Å². The molecule has 0 saturated carbocycles. The van der Waals surface area contributed by atoms with Crippen molar-refractivity contribution in [3.63, 3.8) is 0 Å². The summed E-state index contributed by atoms with van der Waals surface area (Å²) in [6.07, 6.45) is 1.23. The molecule has 0 fully saturated rings. The SMILES string of the molecule is CCC(CC)(CBr)NS(=O)(=O)c1ccc(Br)cc1F. The molecule has 3 nitrogen and oxygen atoms in total. The lowest BCUT2D eigenvalue weighted by atomic mass is 9.97. The van der Waals surface area contributed by atoms with E-state index in [4.69, 9.17) is 0 Å². The summed E-state index contributed by atoms with van der Waals surface area (Å²) in [4.78, 5) is -0.331. The van der Waals surface area contributed by atoms with Crippen LogP contribution in [0.1, 0.15) is 26.7 Å². The van der Waals surface area contributed by atoms with E-state index in [0.29, 0.717) is 22.6 Å². The lowest BCUT2D eigenvalue weighted by Crippen LogP contribution is -2.49. The van der Waals surface area contributed by atoms with Crippen molar-refractivity contribution in [3.8, 4) is 0 Å². The second-order valence-electron chi connectivity index (χ2n) is 4.30. The number of rotatable bonds is 6. The monoisotopic (exact) mass is 415 g/mol. The Morgan fingerprint density at radius 1 is 1.32 bits per heavy atom. The number of alkyl halides is 1. The molecule has 1 aromatic carbocycles. The average Bonchev–Trinajstić information content (AvgIpc) is 2.35. The highest BCUT2D eigenvalue weighted by Crippen LogP contribution is 2.24. The van der Waals surface area contributed by atoms with Gasteiger partial charge in [-0.25, -0.2) is 17.5 Å². The molecule has 0 saturated heterocycles. The van der Waals surface area contributed by atoms with Crippen molar-refractivity contribution >= 4 is 41.9 Å². The molecular formula is C12H16Br2FNO2S. The Hall–Kier alpha value is 0.0200. The molecule has 0 aliphatic heterocycles. The quantitative estimate of drug-likeness (QED) is 0.716. The first-order valence-electron chi connectivity index (χ1n) is 5.85. The van der Waals surface area contributed by atoms with Crippen molar-refractivity contribution in [1.82, 2.24) is 4.72 Å². The predicted molar refractivity (Wildman–Crippen MR) is 81.5 cm³/mol. The summed E-state index contributed by atoms with van der Waals surface area (Å²) in [5.74, 6) is -0.766. The number of sulfonamides is 1. The molecule has 1 N–H and O–H groups in total. The Bertz CT molecular complexity index is 536. The fraction of sp³-hybridized carbons (Fsp3) is 0.500. The van der Waals surface area contributed by atoms with E-state index in [9.17, 15) is 12.8 Å². The summed E-state index contributed by atoms with van der Waals surface area (Å²) >= 11 is 6.42. The molecule has 0 radical (unpaired) electrons. The van der Waals surface area contributed by atoms with Gasteiger partial charge in [0.25, 0.3) is 0 Å². The van der Waals surface area contributed by atoms with Crippen LogP contribution in [0.15, 0.2) is 27.6 Å². The van der Waals surface area contributed by atoms with Gasteiger partial charge in [0.1, 0.15) is 10.7 Å². The van der Waals surface area contributed by atoms with E-state index in [1.165, 1.54) is 12.1 Å². The van der Waals surface area contributed by atoms with Crippen LogP contribution in [0.4, 0.5) is 4.39 Å². The van der Waals surface area contributed by atoms with Crippen LogP contribution in [0.2, 0.25) is 0 Å². The van der Waals surface area contributed by atoms with Crippen molar-refractivity contribution in [1.29, 1.82) is 0 Å². The van der Waals surface area contributed by atoms with E-state index in [0.717, 1.165) is 6.07 Å². The molecule has 1 rings (SSSR count). The first-order valence-corrected chi connectivity index (χ1v) is 9.25. The van der Waals surface area contributed by atoms with Gasteiger partial charge in [0.2, 0.25) is 10.0 Å². The molecule has 7 heteroatoms. The van der Waals surface area contributed by atoms with Gasteiger partial charge in [-0.1, -0.05) is 45.7 Å². The number of hydrogen-bond acceptors (Lipinski definition) is 2. The van der Waals surface area contributed by atoms with Crippen molar-refractivity contribution in [3.05, 3.63) is 28.5 Å². The highest BCUT2D eigenvalue weighted by molar-refractivity contribution is 9.10. The molecule has 19 heavy (non-hydrogen) atoms. The van der Waals surface area contributed by atoms with Gasteiger partial charge in [0.15, 0.2) is 0 Å². The van der Waals surface area contributed by atoms with Crippen molar-refractivity contribution in [2.24, 2.45) is 0 Å². The van der Waals surface area contributed by atoms with E-state index in [1.807, 2.05) is 13.8 Å². The second kappa shape index (κ2) is 6.65. The maximum atomic E-state index is 13.8. The average molecular weight is 417 g/mol. The van der Waals surface area contributed by atoms with Crippen LogP contribution in [0.5, 0.6) is 0 Å². The molecule has 0 amide bonds. The number of hydrogen-bond donors (Lipinski definition) is 1. The van der Waals surface area contributed by atoms with Gasteiger partial charge in [0, 0.05) is 15.3 Å². The molecule has 108 valence electrons. The molecule has 0 aliphatic carbocycles. The van der Waals surface area contributed by atoms with Gasteiger partial charge in [-0.2, -0.15) is 0 Å². The lowest BCUT2D eigenvalue weighted by molar-refractivity contribution is 0.397. The summed E-state index contributed by atoms with van der Waals surface area (Å²) < 4.78 is 41.4. The minimum Gasteiger partial charge on any atom is -0.207 e. The summed E-state index contributed by atoms with van der Waals surface area (Å²) in [6, 6.07) is 3.90. The van der Waals surface area contributed by atoms with Crippen LogP contribution >= 0.6 is 31.9 Å². The van der Waals surface area contributed by atoms with Crippen molar-refractivity contribution < 1.29 is 12.8 Å². The summed E-state index contributed by atoms with van der Waals surface area (Å²) in [7, 11) is -3.88. The second-order valence-corrected chi connectivity index (χ2v) is 7.43. The lowest BCUT2D eigenvalue weighted by Gasteiger charge is -2.30. The first-order chi connectivity index (χ1) is 8.80. The third-order valence-electron chi connectivity index (χ3n) is 3.14. The fourth-order valence-corrected chi connectivity index (χ4v) is 4.70. The zero-order valence-corrected chi connectivity index (χ0v) is 14.7.